The third-order valence-electron chi connectivity index (χ3n) is 3.70. The molecule has 0 aliphatic heterocycles. The van der Waals surface area contributed by atoms with Gasteiger partial charge in [-0.1, -0.05) is 6.07 Å². The minimum absolute atomic E-state index is 0.712. The molecule has 1 aliphatic rings. The molecule has 4 nitrogen and oxygen atoms in total. The first-order chi connectivity index (χ1) is 9.72. The lowest BCUT2D eigenvalue weighted by Crippen LogP contribution is -2.18. The summed E-state index contributed by atoms with van der Waals surface area (Å²) in [4.78, 5) is 13.4. The summed E-state index contributed by atoms with van der Waals surface area (Å²) in [6.07, 6.45) is 7.01. The van der Waals surface area contributed by atoms with E-state index in [0.717, 1.165) is 35.7 Å². The molecule has 0 atom stereocenters. The molecule has 0 spiro atoms. The van der Waals surface area contributed by atoms with E-state index in [4.69, 9.17) is 0 Å². The van der Waals surface area contributed by atoms with Crippen molar-refractivity contribution in [1.82, 2.24) is 20.3 Å². The lowest BCUT2D eigenvalue weighted by atomic mass is 10.1. The van der Waals surface area contributed by atoms with E-state index in [2.05, 4.69) is 40.2 Å². The largest absolute Gasteiger partial charge is 0.310 e. The van der Waals surface area contributed by atoms with E-state index in [9.17, 15) is 0 Å². The van der Waals surface area contributed by atoms with Crippen LogP contribution in [0.5, 0.6) is 0 Å². The monoisotopic (exact) mass is 268 g/mol. The van der Waals surface area contributed by atoms with E-state index < -0.39 is 0 Å². The number of aromatic nitrogens is 3. The van der Waals surface area contributed by atoms with Crippen LogP contribution in [-0.2, 0) is 13.0 Å². The van der Waals surface area contributed by atoms with Crippen molar-refractivity contribution in [3.05, 3.63) is 52.9 Å². The predicted molar refractivity (Wildman–Crippen MR) is 78.4 cm³/mol. The Labute approximate surface area is 119 Å². The predicted octanol–water partition coefficient (Wildman–Crippen LogP) is 2.33. The van der Waals surface area contributed by atoms with Gasteiger partial charge < -0.3 is 5.32 Å². The maximum Gasteiger partial charge on any atom is 0.133 e. The van der Waals surface area contributed by atoms with Gasteiger partial charge in [-0.05, 0) is 38.3 Å². The smallest absolute Gasteiger partial charge is 0.133 e. The summed E-state index contributed by atoms with van der Waals surface area (Å²) in [5, 5.41) is 3.53. The molecule has 0 unspecified atom stereocenters. The van der Waals surface area contributed by atoms with Gasteiger partial charge in [-0.2, -0.15) is 0 Å². The van der Waals surface area contributed by atoms with Crippen molar-refractivity contribution in [3.8, 4) is 0 Å². The molecule has 2 aromatic heterocycles. The zero-order valence-electron chi connectivity index (χ0n) is 12.1. The third-order valence-corrected chi connectivity index (χ3v) is 3.70. The van der Waals surface area contributed by atoms with E-state index in [1.54, 1.807) is 6.20 Å². The Bertz CT molecular complexity index is 568. The van der Waals surface area contributed by atoms with Crippen LogP contribution >= 0.6 is 0 Å². The molecule has 1 saturated carbocycles. The lowest BCUT2D eigenvalue weighted by molar-refractivity contribution is 0.672. The summed E-state index contributed by atoms with van der Waals surface area (Å²) in [5.74, 6) is 0.878. The number of hydrogen-bond acceptors (Lipinski definition) is 4. The minimum Gasteiger partial charge on any atom is -0.310 e. The molecule has 0 aromatic carbocycles. The average Bonchev–Trinajstić information content (AvgIpc) is 3.23. The second-order valence-corrected chi connectivity index (χ2v) is 5.48. The quantitative estimate of drug-likeness (QED) is 0.904. The molecule has 20 heavy (non-hydrogen) atoms. The fourth-order valence-electron chi connectivity index (χ4n) is 2.36. The molecule has 0 radical (unpaired) electrons. The molecule has 1 N–H and O–H groups in total. The summed E-state index contributed by atoms with van der Waals surface area (Å²) >= 11 is 0. The van der Waals surface area contributed by atoms with Crippen molar-refractivity contribution in [2.75, 3.05) is 0 Å². The van der Waals surface area contributed by atoms with E-state index >= 15 is 0 Å². The first-order valence-corrected chi connectivity index (χ1v) is 7.17. The number of hydrogen-bond donors (Lipinski definition) is 1. The average molecular weight is 268 g/mol. The van der Waals surface area contributed by atoms with Gasteiger partial charge in [-0.15, -0.1) is 0 Å². The van der Waals surface area contributed by atoms with Crippen LogP contribution < -0.4 is 5.32 Å². The SMILES string of the molecule is Cc1nc(Cc2cccnc2)nc(C)c1CNC1CC1. The molecule has 4 heteroatoms. The Balaban J connectivity index is 1.76. The van der Waals surface area contributed by atoms with Crippen LogP contribution in [-0.4, -0.2) is 21.0 Å². The van der Waals surface area contributed by atoms with Gasteiger partial charge >= 0.3 is 0 Å². The first-order valence-electron chi connectivity index (χ1n) is 7.17. The van der Waals surface area contributed by atoms with E-state index in [1.807, 2.05) is 12.3 Å². The van der Waals surface area contributed by atoms with Crippen LogP contribution in [0, 0.1) is 13.8 Å². The highest BCUT2D eigenvalue weighted by atomic mass is 15.0. The highest BCUT2D eigenvalue weighted by Crippen LogP contribution is 2.20. The van der Waals surface area contributed by atoms with Crippen molar-refractivity contribution in [2.24, 2.45) is 0 Å². The molecule has 1 aliphatic carbocycles. The molecular formula is C16H20N4. The Hall–Kier alpha value is -1.81. The van der Waals surface area contributed by atoms with Crippen molar-refractivity contribution < 1.29 is 0 Å². The minimum atomic E-state index is 0.712. The summed E-state index contributed by atoms with van der Waals surface area (Å²) < 4.78 is 0. The Kier molecular flexibility index (Phi) is 3.74. The molecule has 0 amide bonds. The lowest BCUT2D eigenvalue weighted by Gasteiger charge is -2.11. The molecule has 2 aromatic rings. The van der Waals surface area contributed by atoms with Gasteiger partial charge in [0.2, 0.25) is 0 Å². The van der Waals surface area contributed by atoms with Crippen LogP contribution in [0.1, 0.15) is 41.2 Å². The number of nitrogens with zero attached hydrogens (tertiary/aromatic N) is 3. The van der Waals surface area contributed by atoms with Crippen LogP contribution in [0.15, 0.2) is 24.5 Å². The van der Waals surface area contributed by atoms with Gasteiger partial charge in [0.25, 0.3) is 0 Å². The summed E-state index contributed by atoms with van der Waals surface area (Å²) in [6.45, 7) is 5.03. The molecule has 3 rings (SSSR count). The van der Waals surface area contributed by atoms with E-state index in [0.29, 0.717) is 6.04 Å². The van der Waals surface area contributed by atoms with Crippen LogP contribution in [0.4, 0.5) is 0 Å². The maximum atomic E-state index is 4.65. The molecule has 2 heterocycles. The zero-order valence-corrected chi connectivity index (χ0v) is 12.1. The molecule has 0 saturated heterocycles. The number of rotatable bonds is 5. The third kappa shape index (κ3) is 3.20. The molecule has 104 valence electrons. The second-order valence-electron chi connectivity index (χ2n) is 5.48. The molecule has 0 bridgehead atoms. The van der Waals surface area contributed by atoms with Crippen molar-refractivity contribution in [2.45, 2.75) is 45.7 Å². The highest BCUT2D eigenvalue weighted by molar-refractivity contribution is 5.26. The normalized spacial score (nSPS) is 14.5. The first kappa shape index (κ1) is 13.2. The number of aryl methyl sites for hydroxylation is 2. The van der Waals surface area contributed by atoms with Gasteiger partial charge in [0.15, 0.2) is 0 Å². The Morgan fingerprint density at radius 3 is 2.55 bits per heavy atom. The maximum absolute atomic E-state index is 4.65. The van der Waals surface area contributed by atoms with Gasteiger partial charge in [0, 0.05) is 48.4 Å². The molecular weight excluding hydrogens is 248 g/mol. The van der Waals surface area contributed by atoms with Crippen LogP contribution in [0.3, 0.4) is 0 Å². The zero-order chi connectivity index (χ0) is 13.9. The molecule has 1 fully saturated rings. The van der Waals surface area contributed by atoms with Crippen molar-refractivity contribution >= 4 is 0 Å². The summed E-state index contributed by atoms with van der Waals surface area (Å²) in [7, 11) is 0. The van der Waals surface area contributed by atoms with Gasteiger partial charge in [-0.25, -0.2) is 9.97 Å². The number of pyridine rings is 1. The van der Waals surface area contributed by atoms with Crippen LogP contribution in [0.25, 0.3) is 0 Å². The van der Waals surface area contributed by atoms with Crippen LogP contribution in [0.2, 0.25) is 0 Å². The number of nitrogens with one attached hydrogen (secondary N) is 1. The van der Waals surface area contributed by atoms with Crippen molar-refractivity contribution in [1.29, 1.82) is 0 Å². The van der Waals surface area contributed by atoms with E-state index in [-0.39, 0.29) is 0 Å². The Morgan fingerprint density at radius 2 is 1.95 bits per heavy atom. The summed E-state index contributed by atoms with van der Waals surface area (Å²) in [5.41, 5.74) is 4.57. The van der Waals surface area contributed by atoms with Gasteiger partial charge in [-0.3, -0.25) is 4.98 Å². The standard InChI is InChI=1S/C16H20N4/c1-11-15(10-18-14-5-6-14)12(2)20-16(19-11)8-13-4-3-7-17-9-13/h3-4,7,9,14,18H,5-6,8,10H2,1-2H3. The van der Waals surface area contributed by atoms with E-state index in [1.165, 1.54) is 18.4 Å². The fraction of sp³-hybridized carbons (Fsp3) is 0.438. The topological polar surface area (TPSA) is 50.7 Å². The van der Waals surface area contributed by atoms with Gasteiger partial charge in [0.05, 0.1) is 0 Å². The highest BCUT2D eigenvalue weighted by Gasteiger charge is 2.21. The second kappa shape index (κ2) is 5.67. The van der Waals surface area contributed by atoms with Gasteiger partial charge in [0.1, 0.15) is 5.82 Å². The Morgan fingerprint density at radius 1 is 1.20 bits per heavy atom. The van der Waals surface area contributed by atoms with Crippen molar-refractivity contribution in [3.63, 3.8) is 0 Å². The fourth-order valence-corrected chi connectivity index (χ4v) is 2.36. The summed E-state index contributed by atoms with van der Waals surface area (Å²) in [6, 6.07) is 4.72.